The lowest BCUT2D eigenvalue weighted by Crippen LogP contribution is -2.33. The zero-order valence-electron chi connectivity index (χ0n) is 14.2. The van der Waals surface area contributed by atoms with Crippen LogP contribution in [0.15, 0.2) is 41.3 Å². The van der Waals surface area contributed by atoms with Crippen molar-refractivity contribution in [3.8, 4) is 0 Å². The second-order valence-corrected chi connectivity index (χ2v) is 8.50. The number of hydrogen-bond acceptors (Lipinski definition) is 3. The second-order valence-electron chi connectivity index (χ2n) is 6.08. The molecule has 0 saturated carbocycles. The topological polar surface area (TPSA) is 63.2 Å². The van der Waals surface area contributed by atoms with Crippen molar-refractivity contribution in [2.45, 2.75) is 30.7 Å². The fraction of sp³-hybridized carbons (Fsp3) is 0.278. The van der Waals surface area contributed by atoms with Crippen molar-refractivity contribution < 1.29 is 22.0 Å². The number of rotatable bonds is 6. The highest BCUT2D eigenvalue weighted by Gasteiger charge is 2.17. The summed E-state index contributed by atoms with van der Waals surface area (Å²) in [4.78, 5) is 12.4. The van der Waals surface area contributed by atoms with E-state index in [1.807, 2.05) is 0 Å². The molecule has 140 valence electrons. The molecule has 1 atom stereocenters. The van der Waals surface area contributed by atoms with Gasteiger partial charge in [-0.05, 0) is 55.7 Å². The first-order chi connectivity index (χ1) is 12.1. The molecule has 26 heavy (non-hydrogen) atoms. The molecule has 1 unspecified atom stereocenters. The number of halogens is 3. The van der Waals surface area contributed by atoms with Gasteiger partial charge < -0.3 is 5.32 Å². The van der Waals surface area contributed by atoms with Crippen molar-refractivity contribution in [2.75, 3.05) is 6.26 Å². The van der Waals surface area contributed by atoms with Gasteiger partial charge in [0.1, 0.15) is 0 Å². The second kappa shape index (κ2) is 8.14. The average Bonchev–Trinajstić information content (AvgIpc) is 2.55. The normalized spacial score (nSPS) is 12.7. The fourth-order valence-electron chi connectivity index (χ4n) is 2.36. The lowest BCUT2D eigenvalue weighted by molar-refractivity contribution is 0.0938. The average molecular weight is 402 g/mol. The highest BCUT2D eigenvalue weighted by atomic mass is 35.5. The zero-order chi connectivity index (χ0) is 19.5. The van der Waals surface area contributed by atoms with E-state index in [0.717, 1.165) is 18.4 Å². The van der Waals surface area contributed by atoms with Gasteiger partial charge in [0.15, 0.2) is 21.5 Å². The molecule has 0 aromatic heterocycles. The Labute approximate surface area is 156 Å². The van der Waals surface area contributed by atoms with Crippen LogP contribution in [-0.4, -0.2) is 26.6 Å². The highest BCUT2D eigenvalue weighted by Crippen LogP contribution is 2.21. The molecule has 0 bridgehead atoms. The van der Waals surface area contributed by atoms with E-state index in [9.17, 15) is 22.0 Å². The standard InChI is InChI=1S/C18H18ClF2NO3S/c1-11(3-4-12-5-8-16(20)17(21)9-12)22-18(23)14-10-13(26(2,24)25)6-7-15(14)19/h5-11H,3-4H2,1-2H3,(H,22,23). The summed E-state index contributed by atoms with van der Waals surface area (Å²) in [6.07, 6.45) is 1.97. The summed E-state index contributed by atoms with van der Waals surface area (Å²) in [5, 5.41) is 2.87. The molecule has 0 aliphatic rings. The highest BCUT2D eigenvalue weighted by molar-refractivity contribution is 7.90. The van der Waals surface area contributed by atoms with Gasteiger partial charge in [0.25, 0.3) is 5.91 Å². The third-order valence-electron chi connectivity index (χ3n) is 3.84. The summed E-state index contributed by atoms with van der Waals surface area (Å²) < 4.78 is 49.4. The van der Waals surface area contributed by atoms with Gasteiger partial charge in [-0.15, -0.1) is 0 Å². The Kier molecular flexibility index (Phi) is 6.36. The van der Waals surface area contributed by atoms with Crippen LogP contribution < -0.4 is 5.32 Å². The van der Waals surface area contributed by atoms with E-state index in [1.165, 1.54) is 24.3 Å². The van der Waals surface area contributed by atoms with Crippen molar-refractivity contribution >= 4 is 27.3 Å². The third-order valence-corrected chi connectivity index (χ3v) is 5.28. The number of carbonyl (C=O) groups is 1. The van der Waals surface area contributed by atoms with Gasteiger partial charge in [0, 0.05) is 12.3 Å². The van der Waals surface area contributed by atoms with Crippen molar-refractivity contribution in [1.29, 1.82) is 0 Å². The maximum Gasteiger partial charge on any atom is 0.253 e. The van der Waals surface area contributed by atoms with E-state index in [2.05, 4.69) is 5.32 Å². The first-order valence-corrected chi connectivity index (χ1v) is 10.1. The van der Waals surface area contributed by atoms with Crippen LogP contribution in [0.1, 0.15) is 29.3 Å². The van der Waals surface area contributed by atoms with E-state index in [-0.39, 0.29) is 21.5 Å². The largest absolute Gasteiger partial charge is 0.350 e. The number of sulfone groups is 1. The Morgan fingerprint density at radius 2 is 1.85 bits per heavy atom. The Morgan fingerprint density at radius 1 is 1.15 bits per heavy atom. The van der Waals surface area contributed by atoms with Crippen LogP contribution in [0.3, 0.4) is 0 Å². The van der Waals surface area contributed by atoms with Crippen molar-refractivity contribution in [3.05, 3.63) is 64.2 Å². The Bertz CT molecular complexity index is 932. The minimum atomic E-state index is -3.46. The van der Waals surface area contributed by atoms with Crippen molar-refractivity contribution in [2.24, 2.45) is 0 Å². The lowest BCUT2D eigenvalue weighted by Gasteiger charge is -2.15. The molecule has 0 radical (unpaired) electrons. The van der Waals surface area contributed by atoms with Crippen LogP contribution in [-0.2, 0) is 16.3 Å². The molecular weight excluding hydrogens is 384 g/mol. The minimum Gasteiger partial charge on any atom is -0.350 e. The lowest BCUT2D eigenvalue weighted by atomic mass is 10.1. The molecular formula is C18H18ClF2NO3S. The van der Waals surface area contributed by atoms with Crippen LogP contribution in [0.4, 0.5) is 8.78 Å². The predicted molar refractivity (Wildman–Crippen MR) is 96.2 cm³/mol. The minimum absolute atomic E-state index is 0.00138. The maximum absolute atomic E-state index is 13.2. The number of amides is 1. The number of aryl methyl sites for hydroxylation is 1. The molecule has 2 aromatic carbocycles. The molecule has 0 fully saturated rings. The van der Waals surface area contributed by atoms with E-state index in [4.69, 9.17) is 11.6 Å². The van der Waals surface area contributed by atoms with Gasteiger partial charge in [0.2, 0.25) is 0 Å². The van der Waals surface area contributed by atoms with E-state index in [1.54, 1.807) is 6.92 Å². The molecule has 0 aliphatic heterocycles. The summed E-state index contributed by atoms with van der Waals surface area (Å²) in [6, 6.07) is 7.31. The Hall–Kier alpha value is -1.99. The van der Waals surface area contributed by atoms with Crippen LogP contribution in [0, 0.1) is 11.6 Å². The third kappa shape index (κ3) is 5.25. The molecule has 1 N–H and O–H groups in total. The number of benzene rings is 2. The van der Waals surface area contributed by atoms with Gasteiger partial charge in [-0.1, -0.05) is 17.7 Å². The van der Waals surface area contributed by atoms with Crippen LogP contribution in [0.5, 0.6) is 0 Å². The molecule has 8 heteroatoms. The fourth-order valence-corrected chi connectivity index (χ4v) is 3.21. The first-order valence-electron chi connectivity index (χ1n) is 7.82. The monoisotopic (exact) mass is 401 g/mol. The van der Waals surface area contributed by atoms with Crippen LogP contribution >= 0.6 is 11.6 Å². The molecule has 0 saturated heterocycles. The summed E-state index contributed by atoms with van der Waals surface area (Å²) >= 11 is 6.00. The first kappa shape index (κ1) is 20.3. The van der Waals surface area contributed by atoms with E-state index >= 15 is 0 Å². The van der Waals surface area contributed by atoms with Gasteiger partial charge in [-0.3, -0.25) is 4.79 Å². The number of carbonyl (C=O) groups excluding carboxylic acids is 1. The SMILES string of the molecule is CC(CCc1ccc(F)c(F)c1)NC(=O)c1cc(S(C)(=O)=O)ccc1Cl. The van der Waals surface area contributed by atoms with Gasteiger partial charge in [0.05, 0.1) is 15.5 Å². The molecule has 0 aliphatic carbocycles. The molecule has 4 nitrogen and oxygen atoms in total. The van der Waals surface area contributed by atoms with Gasteiger partial charge in [-0.2, -0.15) is 0 Å². The Morgan fingerprint density at radius 3 is 2.46 bits per heavy atom. The summed E-state index contributed by atoms with van der Waals surface area (Å²) in [5.74, 6) is -2.32. The quantitative estimate of drug-likeness (QED) is 0.801. The maximum atomic E-state index is 13.2. The Balaban J connectivity index is 2.03. The van der Waals surface area contributed by atoms with Crippen LogP contribution in [0.25, 0.3) is 0 Å². The van der Waals surface area contributed by atoms with Gasteiger partial charge in [-0.25, -0.2) is 17.2 Å². The zero-order valence-corrected chi connectivity index (χ0v) is 15.8. The predicted octanol–water partition coefficient (Wildman–Crippen LogP) is 3.77. The van der Waals surface area contributed by atoms with Crippen LogP contribution in [0.2, 0.25) is 5.02 Å². The van der Waals surface area contributed by atoms with E-state index in [0.29, 0.717) is 18.4 Å². The van der Waals surface area contributed by atoms with Crippen molar-refractivity contribution in [1.82, 2.24) is 5.32 Å². The number of hydrogen-bond donors (Lipinski definition) is 1. The van der Waals surface area contributed by atoms with Crippen molar-refractivity contribution in [3.63, 3.8) is 0 Å². The summed E-state index contributed by atoms with van der Waals surface area (Å²) in [6.45, 7) is 1.76. The summed E-state index contributed by atoms with van der Waals surface area (Å²) in [7, 11) is -3.46. The molecule has 1 amide bonds. The molecule has 2 rings (SSSR count). The smallest absolute Gasteiger partial charge is 0.253 e. The molecule has 0 spiro atoms. The van der Waals surface area contributed by atoms with E-state index < -0.39 is 27.4 Å². The summed E-state index contributed by atoms with van der Waals surface area (Å²) in [5.41, 5.74) is 0.677. The number of nitrogens with one attached hydrogen (secondary N) is 1. The molecule has 2 aromatic rings. The molecule has 0 heterocycles. The van der Waals surface area contributed by atoms with Gasteiger partial charge >= 0.3 is 0 Å².